The van der Waals surface area contributed by atoms with Gasteiger partial charge in [0.1, 0.15) is 30.1 Å². The number of alkyl halides is 6. The van der Waals surface area contributed by atoms with Gasteiger partial charge in [0.2, 0.25) is 0 Å². The molecule has 3 aromatic carbocycles. The number of carboxylic acid groups (broad SMARTS) is 1. The van der Waals surface area contributed by atoms with Crippen molar-refractivity contribution in [1.29, 1.82) is 0 Å². The first-order chi connectivity index (χ1) is 26.3. The van der Waals surface area contributed by atoms with Crippen LogP contribution in [0.25, 0.3) is 0 Å². The molecule has 4 N–H and O–H groups in total. The van der Waals surface area contributed by atoms with Gasteiger partial charge in [-0.1, -0.05) is 0 Å². The molecular weight excluding hydrogens is 764 g/mol. The molecule has 1 aromatic heterocycles. The number of carbonyl (C=O) groups excluding carboxylic acids is 1. The van der Waals surface area contributed by atoms with E-state index in [0.717, 1.165) is 24.3 Å². The Balaban J connectivity index is 0.000000427. The third kappa shape index (κ3) is 11.2. The molecule has 2 aliphatic rings. The molecule has 4 aromatic rings. The molecular formula is C34H33F6N7O9. The van der Waals surface area contributed by atoms with Crippen molar-refractivity contribution in [2.75, 3.05) is 35.6 Å². The van der Waals surface area contributed by atoms with E-state index >= 15 is 0 Å². The van der Waals surface area contributed by atoms with Crippen LogP contribution < -0.4 is 34.9 Å². The van der Waals surface area contributed by atoms with Gasteiger partial charge < -0.3 is 50.1 Å². The van der Waals surface area contributed by atoms with E-state index in [2.05, 4.69) is 19.8 Å². The van der Waals surface area contributed by atoms with Gasteiger partial charge in [0.25, 0.3) is 0 Å². The molecule has 0 unspecified atom stereocenters. The number of ether oxygens (including phenoxy) is 4. The lowest BCUT2D eigenvalue weighted by Crippen LogP contribution is -2.50. The fourth-order valence-electron chi connectivity index (χ4n) is 5.70. The first-order valence-corrected chi connectivity index (χ1v) is 16.4. The molecule has 0 saturated carbocycles. The van der Waals surface area contributed by atoms with Gasteiger partial charge in [-0.2, -0.15) is 0 Å². The van der Waals surface area contributed by atoms with E-state index in [9.17, 15) is 51.2 Å². The van der Waals surface area contributed by atoms with E-state index in [0.29, 0.717) is 30.0 Å². The number of benzene rings is 3. The lowest BCUT2D eigenvalue weighted by molar-refractivity contribution is -0.389. The summed E-state index contributed by atoms with van der Waals surface area (Å²) in [5, 5.41) is 22.9. The number of likely N-dealkylation sites (tertiary alicyclic amines) is 1. The average molecular weight is 798 g/mol. The predicted molar refractivity (Wildman–Crippen MR) is 185 cm³/mol. The maximum atomic E-state index is 13.5. The van der Waals surface area contributed by atoms with Crippen LogP contribution in [0.3, 0.4) is 0 Å². The third-order valence-corrected chi connectivity index (χ3v) is 8.19. The standard InChI is InChI=1S/C27H27F3N6O8.C7H6F3NO/c1-26(15-34-14-22(36(40)41)32-24(34)44-26)16-42-20-8-4-18(5-9-20)35(19-10-12-33(13-11-19)25(38)39)23(37)31-17-2-6-21(7-3-17)43-27(28,29)30;8-7(9,10)12-6-3-1-5(11)2-4-6/h2-9,14,19H,10-13,15-16H2,1H3,(H,31,37)(H,38,39);1-4H,11H2/t26-;/m1./s1. The number of anilines is 3. The van der Waals surface area contributed by atoms with Crippen LogP contribution in [0.4, 0.5) is 58.8 Å². The Bertz CT molecular complexity index is 1960. The maximum absolute atomic E-state index is 13.5. The minimum Gasteiger partial charge on any atom is -0.489 e. The summed E-state index contributed by atoms with van der Waals surface area (Å²) < 4.78 is 93.0. The number of nitrogens with two attached hydrogens (primary N) is 1. The number of halogens is 6. The van der Waals surface area contributed by atoms with Crippen molar-refractivity contribution in [2.24, 2.45) is 0 Å². The van der Waals surface area contributed by atoms with Gasteiger partial charge in [-0.3, -0.25) is 9.47 Å². The molecule has 300 valence electrons. The van der Waals surface area contributed by atoms with Gasteiger partial charge in [-0.25, -0.2) is 9.59 Å². The number of imidazole rings is 1. The van der Waals surface area contributed by atoms with Crippen LogP contribution in [0.15, 0.2) is 79.0 Å². The number of aromatic nitrogens is 2. The van der Waals surface area contributed by atoms with Crippen molar-refractivity contribution in [3.05, 3.63) is 89.1 Å². The van der Waals surface area contributed by atoms with Crippen molar-refractivity contribution in [1.82, 2.24) is 14.5 Å². The van der Waals surface area contributed by atoms with E-state index in [1.807, 2.05) is 0 Å². The number of nitrogens with one attached hydrogen (secondary N) is 1. The Kier molecular flexibility index (Phi) is 11.9. The first kappa shape index (κ1) is 40.6. The molecule has 0 bridgehead atoms. The molecule has 1 atom stereocenters. The van der Waals surface area contributed by atoms with Crippen LogP contribution in [0.1, 0.15) is 19.8 Å². The summed E-state index contributed by atoms with van der Waals surface area (Å²) in [7, 11) is 0. The zero-order valence-corrected chi connectivity index (χ0v) is 29.1. The molecule has 0 aliphatic carbocycles. The highest BCUT2D eigenvalue weighted by molar-refractivity contribution is 6.02. The van der Waals surface area contributed by atoms with Gasteiger partial charge in [0.15, 0.2) is 5.60 Å². The highest BCUT2D eigenvalue weighted by Gasteiger charge is 2.41. The number of piperidine rings is 1. The number of hydrogen-bond donors (Lipinski definition) is 3. The molecule has 0 radical (unpaired) electrons. The smallest absolute Gasteiger partial charge is 0.489 e. The van der Waals surface area contributed by atoms with Crippen LogP contribution >= 0.6 is 0 Å². The Morgan fingerprint density at radius 1 is 0.964 bits per heavy atom. The van der Waals surface area contributed by atoms with E-state index in [1.165, 1.54) is 44.8 Å². The summed E-state index contributed by atoms with van der Waals surface area (Å²) in [4.78, 5) is 41.8. The van der Waals surface area contributed by atoms with E-state index in [1.54, 1.807) is 31.2 Å². The average Bonchev–Trinajstić information content (AvgIpc) is 3.65. The highest BCUT2D eigenvalue weighted by Crippen LogP contribution is 2.33. The Hall–Kier alpha value is -6.61. The second kappa shape index (κ2) is 16.4. The Morgan fingerprint density at radius 2 is 1.50 bits per heavy atom. The van der Waals surface area contributed by atoms with Crippen LogP contribution in [0.5, 0.6) is 23.3 Å². The molecule has 16 nitrogen and oxygen atoms in total. The number of hydrogen-bond acceptors (Lipinski definition) is 10. The van der Waals surface area contributed by atoms with Crippen LogP contribution in [0, 0.1) is 10.1 Å². The van der Waals surface area contributed by atoms with Crippen LogP contribution in [0.2, 0.25) is 0 Å². The van der Waals surface area contributed by atoms with E-state index in [-0.39, 0.29) is 55.5 Å². The second-order valence-corrected chi connectivity index (χ2v) is 12.6. The minimum atomic E-state index is -4.85. The number of carbonyl (C=O) groups is 2. The van der Waals surface area contributed by atoms with Crippen molar-refractivity contribution in [2.45, 2.75) is 50.7 Å². The summed E-state index contributed by atoms with van der Waals surface area (Å²) in [6.45, 7) is 2.59. The summed E-state index contributed by atoms with van der Waals surface area (Å²) in [6, 6.07) is 15.5. The van der Waals surface area contributed by atoms with Crippen molar-refractivity contribution >= 4 is 35.0 Å². The number of amides is 3. The van der Waals surface area contributed by atoms with Crippen LogP contribution in [-0.4, -0.2) is 80.7 Å². The molecule has 3 amide bonds. The Labute approximate surface area is 313 Å². The normalized spacial score (nSPS) is 16.7. The molecule has 3 heterocycles. The molecule has 0 spiro atoms. The highest BCUT2D eigenvalue weighted by atomic mass is 19.4. The fourth-order valence-corrected chi connectivity index (χ4v) is 5.70. The topological polar surface area (TPSA) is 197 Å². The number of rotatable bonds is 9. The maximum Gasteiger partial charge on any atom is 0.573 e. The van der Waals surface area contributed by atoms with E-state index < -0.39 is 41.1 Å². The molecule has 6 rings (SSSR count). The van der Waals surface area contributed by atoms with Gasteiger partial charge in [-0.05, 0) is 97.5 Å². The zero-order chi connectivity index (χ0) is 40.8. The molecule has 1 saturated heterocycles. The van der Waals surface area contributed by atoms with Gasteiger partial charge >= 0.3 is 36.7 Å². The molecule has 56 heavy (non-hydrogen) atoms. The number of urea groups is 1. The summed E-state index contributed by atoms with van der Waals surface area (Å²) in [6.07, 6.45) is -8.53. The first-order valence-electron chi connectivity index (χ1n) is 16.4. The lowest BCUT2D eigenvalue weighted by atomic mass is 10.0. The van der Waals surface area contributed by atoms with Gasteiger partial charge in [-0.15, -0.1) is 26.3 Å². The predicted octanol–water partition coefficient (Wildman–Crippen LogP) is 7.27. The van der Waals surface area contributed by atoms with Crippen molar-refractivity contribution in [3.63, 3.8) is 0 Å². The fraction of sp³-hybridized carbons (Fsp3) is 0.324. The van der Waals surface area contributed by atoms with Crippen LogP contribution in [-0.2, 0) is 6.54 Å². The quantitative estimate of drug-likeness (QED) is 0.0667. The second-order valence-electron chi connectivity index (χ2n) is 12.6. The number of nitrogen functional groups attached to an aromatic ring is 1. The van der Waals surface area contributed by atoms with Crippen molar-refractivity contribution < 1.29 is 64.9 Å². The van der Waals surface area contributed by atoms with Gasteiger partial charge in [0.05, 0.1) is 6.54 Å². The summed E-state index contributed by atoms with van der Waals surface area (Å²) >= 11 is 0. The number of nitrogens with zero attached hydrogens (tertiary/aromatic N) is 5. The zero-order valence-electron chi connectivity index (χ0n) is 29.1. The molecule has 1 fully saturated rings. The SMILES string of the molecule is C[C@]1(COc2ccc(N(C(=O)Nc3ccc(OC(F)(F)F)cc3)C3CCN(C(=O)O)CC3)cc2)Cn2cc([N+](=O)[O-])nc2O1.Nc1ccc(OC(F)(F)F)cc1. The largest absolute Gasteiger partial charge is 0.573 e. The molecule has 22 heteroatoms. The van der Waals surface area contributed by atoms with E-state index in [4.69, 9.17) is 15.2 Å². The molecule has 2 aliphatic heterocycles. The monoisotopic (exact) mass is 797 g/mol. The number of fused-ring (bicyclic) bond motifs is 1. The third-order valence-electron chi connectivity index (χ3n) is 8.19. The van der Waals surface area contributed by atoms with Gasteiger partial charge in [0, 0.05) is 41.2 Å². The Morgan fingerprint density at radius 3 is 2.00 bits per heavy atom. The summed E-state index contributed by atoms with van der Waals surface area (Å²) in [5.74, 6) is -0.563. The van der Waals surface area contributed by atoms with Crippen molar-refractivity contribution in [3.8, 4) is 23.3 Å². The minimum absolute atomic E-state index is 0.0927. The number of nitro groups is 1. The summed E-state index contributed by atoms with van der Waals surface area (Å²) in [5.41, 5.74) is 5.53. The lowest BCUT2D eigenvalue weighted by Gasteiger charge is -2.37.